The SMILES string of the molecule is C=C(CCC(C)C1CCC2C3=C(C(=O)CC21C)C1(C)CCC(=O)[C@@H](C)C1CC3=O)C(C)C(=O)O. The lowest BCUT2D eigenvalue weighted by Gasteiger charge is -2.53. The molecule has 186 valence electrons. The van der Waals surface area contributed by atoms with Crippen molar-refractivity contribution in [2.24, 2.45) is 46.3 Å². The highest BCUT2D eigenvalue weighted by Crippen LogP contribution is 2.64. The number of hydrogen-bond donors (Lipinski definition) is 1. The summed E-state index contributed by atoms with van der Waals surface area (Å²) in [6, 6.07) is 0. The molecule has 8 atom stereocenters. The number of carboxylic acids is 1. The van der Waals surface area contributed by atoms with E-state index in [1.807, 2.05) is 6.92 Å². The summed E-state index contributed by atoms with van der Waals surface area (Å²) in [7, 11) is 0. The van der Waals surface area contributed by atoms with Gasteiger partial charge in [0.1, 0.15) is 5.78 Å². The summed E-state index contributed by atoms with van der Waals surface area (Å²) in [5.74, 6) is -0.453. The van der Waals surface area contributed by atoms with Crippen LogP contribution in [0.25, 0.3) is 0 Å². The summed E-state index contributed by atoms with van der Waals surface area (Å²) in [6.07, 6.45) is 5.43. The lowest BCUT2D eigenvalue weighted by atomic mass is 9.48. The van der Waals surface area contributed by atoms with Crippen LogP contribution in [0.15, 0.2) is 23.3 Å². The van der Waals surface area contributed by atoms with Gasteiger partial charge in [0.05, 0.1) is 5.92 Å². The molecular formula is C29H40O5. The largest absolute Gasteiger partial charge is 0.481 e. The van der Waals surface area contributed by atoms with Crippen molar-refractivity contribution in [3.8, 4) is 0 Å². The fraction of sp³-hybridized carbons (Fsp3) is 0.724. The Kier molecular flexibility index (Phi) is 6.31. The zero-order valence-electron chi connectivity index (χ0n) is 21.4. The Labute approximate surface area is 203 Å². The molecule has 7 unspecified atom stereocenters. The minimum Gasteiger partial charge on any atom is -0.481 e. The summed E-state index contributed by atoms with van der Waals surface area (Å²) in [6.45, 7) is 14.2. The lowest BCUT2D eigenvalue weighted by Crippen LogP contribution is -2.53. The van der Waals surface area contributed by atoms with Crippen LogP contribution in [0.3, 0.4) is 0 Å². The average molecular weight is 469 g/mol. The Morgan fingerprint density at radius 2 is 1.82 bits per heavy atom. The number of Topliss-reactive ketones (excluding diaryl/α,β-unsaturated/α-hetero) is 3. The summed E-state index contributed by atoms with van der Waals surface area (Å²) in [5.41, 5.74) is 1.70. The third-order valence-corrected chi connectivity index (χ3v) is 10.5. The number of hydrogen-bond acceptors (Lipinski definition) is 4. The van der Waals surface area contributed by atoms with E-state index in [4.69, 9.17) is 0 Å². The summed E-state index contributed by atoms with van der Waals surface area (Å²) >= 11 is 0. The van der Waals surface area contributed by atoms with E-state index >= 15 is 0 Å². The molecule has 1 N–H and O–H groups in total. The van der Waals surface area contributed by atoms with Gasteiger partial charge in [-0.05, 0) is 68.1 Å². The van der Waals surface area contributed by atoms with Crippen molar-refractivity contribution in [2.75, 3.05) is 0 Å². The van der Waals surface area contributed by atoms with Crippen molar-refractivity contribution in [3.05, 3.63) is 23.3 Å². The molecule has 0 spiro atoms. The molecule has 0 aliphatic heterocycles. The molecule has 0 radical (unpaired) electrons. The second-order valence-corrected chi connectivity index (χ2v) is 12.3. The molecule has 0 heterocycles. The van der Waals surface area contributed by atoms with Gasteiger partial charge in [0.25, 0.3) is 0 Å². The van der Waals surface area contributed by atoms with E-state index in [-0.39, 0.29) is 45.9 Å². The van der Waals surface area contributed by atoms with Crippen LogP contribution in [0.5, 0.6) is 0 Å². The van der Waals surface area contributed by atoms with Gasteiger partial charge in [0.2, 0.25) is 0 Å². The summed E-state index contributed by atoms with van der Waals surface area (Å²) in [5, 5.41) is 9.27. The Morgan fingerprint density at radius 3 is 2.47 bits per heavy atom. The molecule has 4 aliphatic rings. The highest BCUT2D eigenvalue weighted by atomic mass is 16.4. The zero-order valence-corrected chi connectivity index (χ0v) is 21.4. The fourth-order valence-electron chi connectivity index (χ4n) is 8.25. The van der Waals surface area contributed by atoms with Gasteiger partial charge in [0, 0.05) is 41.7 Å². The number of allylic oxidation sites excluding steroid dienone is 2. The van der Waals surface area contributed by atoms with Gasteiger partial charge in [-0.1, -0.05) is 39.8 Å². The maximum absolute atomic E-state index is 13.8. The first kappa shape index (κ1) is 25.1. The maximum Gasteiger partial charge on any atom is 0.310 e. The molecule has 0 bridgehead atoms. The van der Waals surface area contributed by atoms with E-state index in [0.29, 0.717) is 43.9 Å². The molecule has 0 aromatic rings. The number of carbonyl (C=O) groups is 4. The molecule has 5 heteroatoms. The Balaban J connectivity index is 1.61. The lowest BCUT2D eigenvalue weighted by molar-refractivity contribution is -0.140. The van der Waals surface area contributed by atoms with Crippen LogP contribution in [0, 0.1) is 46.3 Å². The smallest absolute Gasteiger partial charge is 0.310 e. The molecule has 2 fully saturated rings. The molecule has 0 saturated heterocycles. The van der Waals surface area contributed by atoms with Crippen LogP contribution in [-0.2, 0) is 19.2 Å². The van der Waals surface area contributed by atoms with E-state index in [1.165, 1.54) is 0 Å². The van der Waals surface area contributed by atoms with Gasteiger partial charge in [-0.15, -0.1) is 0 Å². The van der Waals surface area contributed by atoms with Crippen molar-refractivity contribution >= 4 is 23.3 Å². The monoisotopic (exact) mass is 468 g/mol. The third kappa shape index (κ3) is 3.65. The van der Waals surface area contributed by atoms with Crippen LogP contribution < -0.4 is 0 Å². The van der Waals surface area contributed by atoms with E-state index in [0.717, 1.165) is 36.0 Å². The molecule has 4 aliphatic carbocycles. The van der Waals surface area contributed by atoms with Crippen molar-refractivity contribution < 1.29 is 24.3 Å². The standard InChI is InChI=1S/C29H40O5/c1-15(17(3)27(33)34)7-8-16(2)19-9-10-20-25-23(31)13-21-18(4)22(30)11-12-28(21,5)26(25)24(32)14-29(19,20)6/h16-21H,1,7-14H2,2-6H3,(H,33,34)/t16?,17?,18-,19?,20?,21?,28?,29?/m0/s1. The first-order valence-corrected chi connectivity index (χ1v) is 13.1. The number of ketones is 3. The van der Waals surface area contributed by atoms with Gasteiger partial charge < -0.3 is 5.11 Å². The molecular weight excluding hydrogens is 428 g/mol. The fourth-order valence-corrected chi connectivity index (χ4v) is 8.25. The van der Waals surface area contributed by atoms with Crippen molar-refractivity contribution in [1.82, 2.24) is 0 Å². The molecule has 0 aromatic carbocycles. The Morgan fingerprint density at radius 1 is 1.15 bits per heavy atom. The Hall–Kier alpha value is -2.04. The third-order valence-electron chi connectivity index (χ3n) is 10.5. The molecule has 2 saturated carbocycles. The number of carboxylic acid groups (broad SMARTS) is 1. The first-order valence-electron chi connectivity index (χ1n) is 13.1. The van der Waals surface area contributed by atoms with Crippen LogP contribution in [-0.4, -0.2) is 28.4 Å². The summed E-state index contributed by atoms with van der Waals surface area (Å²) in [4.78, 5) is 51.1. The molecule has 34 heavy (non-hydrogen) atoms. The van der Waals surface area contributed by atoms with Crippen LogP contribution in [0.1, 0.15) is 86.0 Å². The second-order valence-electron chi connectivity index (χ2n) is 12.3. The minimum absolute atomic E-state index is 0.0633. The Bertz CT molecular complexity index is 988. The zero-order chi connectivity index (χ0) is 25.2. The van der Waals surface area contributed by atoms with Gasteiger partial charge in [0.15, 0.2) is 11.6 Å². The predicted molar refractivity (Wildman–Crippen MR) is 130 cm³/mol. The normalized spacial score (nSPS) is 39.3. The molecule has 0 aromatic heterocycles. The highest BCUT2D eigenvalue weighted by Gasteiger charge is 2.61. The quantitative estimate of drug-likeness (QED) is 0.514. The maximum atomic E-state index is 13.8. The van der Waals surface area contributed by atoms with Crippen LogP contribution >= 0.6 is 0 Å². The van der Waals surface area contributed by atoms with E-state index in [9.17, 15) is 24.3 Å². The number of aliphatic carboxylic acids is 1. The first-order chi connectivity index (χ1) is 15.8. The van der Waals surface area contributed by atoms with Gasteiger partial charge in [-0.3, -0.25) is 19.2 Å². The number of carbonyl (C=O) groups excluding carboxylic acids is 3. The van der Waals surface area contributed by atoms with Crippen molar-refractivity contribution in [3.63, 3.8) is 0 Å². The van der Waals surface area contributed by atoms with Crippen molar-refractivity contribution in [2.45, 2.75) is 86.0 Å². The molecule has 5 nitrogen and oxygen atoms in total. The van der Waals surface area contributed by atoms with Crippen molar-refractivity contribution in [1.29, 1.82) is 0 Å². The highest BCUT2D eigenvalue weighted by molar-refractivity contribution is 6.11. The number of fused-ring (bicyclic) bond motifs is 4. The molecule has 0 amide bonds. The van der Waals surface area contributed by atoms with E-state index in [2.05, 4.69) is 27.4 Å². The predicted octanol–water partition coefficient (Wildman–Crippen LogP) is 5.58. The summed E-state index contributed by atoms with van der Waals surface area (Å²) < 4.78 is 0. The van der Waals surface area contributed by atoms with E-state index in [1.54, 1.807) is 6.92 Å². The minimum atomic E-state index is -0.843. The van der Waals surface area contributed by atoms with Gasteiger partial charge in [-0.2, -0.15) is 0 Å². The number of rotatable bonds is 6. The molecule has 4 rings (SSSR count). The van der Waals surface area contributed by atoms with Gasteiger partial charge in [-0.25, -0.2) is 0 Å². The topological polar surface area (TPSA) is 88.5 Å². The van der Waals surface area contributed by atoms with Gasteiger partial charge >= 0.3 is 5.97 Å². The van der Waals surface area contributed by atoms with Crippen LogP contribution in [0.2, 0.25) is 0 Å². The van der Waals surface area contributed by atoms with E-state index < -0.39 is 11.9 Å². The average Bonchev–Trinajstić information content (AvgIpc) is 3.11. The second kappa shape index (κ2) is 8.57. The van der Waals surface area contributed by atoms with Crippen LogP contribution in [0.4, 0.5) is 0 Å².